The number of hydroxylamine groups is 1. The Morgan fingerprint density at radius 1 is 1.03 bits per heavy atom. The van der Waals surface area contributed by atoms with E-state index in [4.69, 9.17) is 25.1 Å². The molecule has 33 heavy (non-hydrogen) atoms. The van der Waals surface area contributed by atoms with Gasteiger partial charge in [0.2, 0.25) is 0 Å². The first kappa shape index (κ1) is 24.7. The number of rotatable bonds is 11. The molecule has 1 atom stereocenters. The largest absolute Gasteiger partial charge is 0.492 e. The minimum absolute atomic E-state index is 0.0507. The Morgan fingerprint density at radius 2 is 1.67 bits per heavy atom. The lowest BCUT2D eigenvalue weighted by molar-refractivity contribution is 0.234. The smallest absolute Gasteiger partial charge is 0.149 e. The van der Waals surface area contributed by atoms with E-state index >= 15 is 0 Å². The van der Waals surface area contributed by atoms with E-state index in [9.17, 15) is 0 Å². The quantitative estimate of drug-likeness (QED) is 0.137. The molecule has 0 aliphatic heterocycles. The van der Waals surface area contributed by atoms with Gasteiger partial charge in [0.15, 0.2) is 0 Å². The summed E-state index contributed by atoms with van der Waals surface area (Å²) in [5, 5.41) is 20.8. The molecule has 1 unspecified atom stereocenters. The van der Waals surface area contributed by atoms with Crippen LogP contribution in [0.4, 0.5) is 0 Å². The minimum atomic E-state index is -0.0507. The summed E-state index contributed by atoms with van der Waals surface area (Å²) in [6, 6.07) is 15.3. The van der Waals surface area contributed by atoms with Crippen molar-refractivity contribution in [1.29, 1.82) is 5.41 Å². The zero-order valence-corrected chi connectivity index (χ0v) is 20.3. The molecule has 3 aromatic rings. The van der Waals surface area contributed by atoms with Crippen LogP contribution in [0.2, 0.25) is 0 Å². The Labute approximate surface area is 199 Å². The molecular weight excluding hydrogens is 436 g/mol. The van der Waals surface area contributed by atoms with Crippen LogP contribution in [-0.2, 0) is 0 Å². The van der Waals surface area contributed by atoms with Crippen molar-refractivity contribution in [2.24, 2.45) is 0 Å². The fourth-order valence-corrected chi connectivity index (χ4v) is 4.24. The third kappa shape index (κ3) is 7.02. The number of thiazole rings is 1. The van der Waals surface area contributed by atoms with Crippen molar-refractivity contribution in [1.82, 2.24) is 15.8 Å². The van der Waals surface area contributed by atoms with Crippen LogP contribution in [0.25, 0.3) is 11.3 Å². The van der Waals surface area contributed by atoms with Gasteiger partial charge in [-0.1, -0.05) is 13.8 Å². The molecule has 0 saturated heterocycles. The molecular formula is C25H32N4O3S. The van der Waals surface area contributed by atoms with Crippen LogP contribution < -0.4 is 20.3 Å². The number of nitrogens with zero attached hydrogens (tertiary/aromatic N) is 1. The average Bonchev–Trinajstić information content (AvgIpc) is 3.22. The van der Waals surface area contributed by atoms with E-state index in [2.05, 4.69) is 45.1 Å². The van der Waals surface area contributed by atoms with Crippen molar-refractivity contribution in [3.63, 3.8) is 0 Å². The van der Waals surface area contributed by atoms with Crippen molar-refractivity contribution in [2.75, 3.05) is 19.8 Å². The zero-order chi connectivity index (χ0) is 23.8. The van der Waals surface area contributed by atoms with Crippen LogP contribution in [0.3, 0.4) is 0 Å². The maximum absolute atomic E-state index is 8.76. The van der Waals surface area contributed by atoms with Crippen molar-refractivity contribution >= 4 is 17.2 Å². The maximum Gasteiger partial charge on any atom is 0.149 e. The number of hydrogen-bond acceptors (Lipinski definition) is 7. The van der Waals surface area contributed by atoms with Crippen LogP contribution in [0.15, 0.2) is 48.5 Å². The van der Waals surface area contributed by atoms with Crippen molar-refractivity contribution in [2.45, 2.75) is 39.7 Å². The summed E-state index contributed by atoms with van der Waals surface area (Å²) < 4.78 is 11.6. The number of aromatic nitrogens is 1. The molecule has 0 amide bonds. The molecule has 176 valence electrons. The highest BCUT2D eigenvalue weighted by molar-refractivity contribution is 7.12. The first-order valence-electron chi connectivity index (χ1n) is 11.0. The van der Waals surface area contributed by atoms with Crippen LogP contribution in [0, 0.1) is 12.3 Å². The predicted molar refractivity (Wildman–Crippen MR) is 133 cm³/mol. The van der Waals surface area contributed by atoms with E-state index in [1.807, 2.05) is 17.6 Å². The standard InChI is InChI=1S/C25H32N4O3S/c1-16(2)24-23(28-18(4)33-24)19-5-9-22(10-6-19)32-15-17(3)27-13-14-31-21-11-7-20(8-12-21)25(26)29-30/h5-12,16-17,27,30H,13-15H2,1-4H3,(H2,26,29). The van der Waals surface area contributed by atoms with E-state index in [1.165, 1.54) is 4.88 Å². The van der Waals surface area contributed by atoms with E-state index in [-0.39, 0.29) is 11.9 Å². The van der Waals surface area contributed by atoms with Gasteiger partial charge in [-0.05, 0) is 68.3 Å². The molecule has 0 aliphatic rings. The fourth-order valence-electron chi connectivity index (χ4n) is 3.29. The highest BCUT2D eigenvalue weighted by atomic mass is 32.1. The molecule has 0 aliphatic carbocycles. The Kier molecular flexibility index (Phi) is 8.82. The molecule has 4 N–H and O–H groups in total. The molecule has 0 radical (unpaired) electrons. The number of nitrogens with one attached hydrogen (secondary N) is 3. The van der Waals surface area contributed by atoms with Crippen molar-refractivity contribution in [3.05, 3.63) is 64.0 Å². The molecule has 0 fully saturated rings. The van der Waals surface area contributed by atoms with Crippen LogP contribution in [-0.4, -0.2) is 41.8 Å². The summed E-state index contributed by atoms with van der Waals surface area (Å²) in [4.78, 5) is 6.04. The first-order valence-corrected chi connectivity index (χ1v) is 11.8. The van der Waals surface area contributed by atoms with Gasteiger partial charge in [0.25, 0.3) is 0 Å². The molecule has 0 spiro atoms. The Bertz CT molecular complexity index is 1030. The first-order chi connectivity index (χ1) is 15.9. The summed E-state index contributed by atoms with van der Waals surface area (Å²) in [7, 11) is 0. The molecule has 0 bridgehead atoms. The summed E-state index contributed by atoms with van der Waals surface area (Å²) in [5.74, 6) is 1.96. The average molecular weight is 469 g/mol. The van der Waals surface area contributed by atoms with Crippen molar-refractivity contribution in [3.8, 4) is 22.8 Å². The van der Waals surface area contributed by atoms with Gasteiger partial charge in [-0.15, -0.1) is 11.3 Å². The van der Waals surface area contributed by atoms with Gasteiger partial charge in [-0.3, -0.25) is 16.1 Å². The summed E-state index contributed by atoms with van der Waals surface area (Å²) in [5.41, 5.74) is 4.61. The molecule has 0 saturated carbocycles. The number of aryl methyl sites for hydroxylation is 1. The highest BCUT2D eigenvalue weighted by Gasteiger charge is 2.14. The number of amidine groups is 1. The highest BCUT2D eigenvalue weighted by Crippen LogP contribution is 2.34. The normalized spacial score (nSPS) is 11.9. The zero-order valence-electron chi connectivity index (χ0n) is 19.5. The topological polar surface area (TPSA) is 99.5 Å². The number of benzene rings is 2. The summed E-state index contributed by atoms with van der Waals surface area (Å²) >= 11 is 1.77. The monoisotopic (exact) mass is 468 g/mol. The third-order valence-electron chi connectivity index (χ3n) is 5.03. The molecule has 2 aromatic carbocycles. The second-order valence-corrected chi connectivity index (χ2v) is 9.39. The van der Waals surface area contributed by atoms with Crippen LogP contribution in [0.5, 0.6) is 11.5 Å². The van der Waals surface area contributed by atoms with Gasteiger partial charge in [0.1, 0.15) is 30.5 Å². The van der Waals surface area contributed by atoms with E-state index in [0.29, 0.717) is 37.0 Å². The molecule has 1 aromatic heterocycles. The number of hydrogen-bond donors (Lipinski definition) is 4. The molecule has 1 heterocycles. The van der Waals surface area contributed by atoms with Gasteiger partial charge in [0, 0.05) is 28.6 Å². The SMILES string of the molecule is Cc1nc(-c2ccc(OCC(C)NCCOc3ccc(C(=N)NO)cc3)cc2)c(C(C)C)s1. The predicted octanol–water partition coefficient (Wildman–Crippen LogP) is 4.98. The number of ether oxygens (including phenoxy) is 2. The van der Waals surface area contributed by atoms with Gasteiger partial charge in [0.05, 0.1) is 10.7 Å². The third-order valence-corrected chi connectivity index (χ3v) is 6.30. The van der Waals surface area contributed by atoms with Gasteiger partial charge in [-0.2, -0.15) is 0 Å². The Hall–Kier alpha value is -2.94. The fraction of sp³-hybridized carbons (Fsp3) is 0.360. The Morgan fingerprint density at radius 3 is 2.30 bits per heavy atom. The Balaban J connectivity index is 1.40. The van der Waals surface area contributed by atoms with E-state index in [1.54, 1.807) is 35.6 Å². The second kappa shape index (κ2) is 11.8. The van der Waals surface area contributed by atoms with Crippen LogP contribution in [0.1, 0.15) is 42.1 Å². The van der Waals surface area contributed by atoms with Gasteiger partial charge >= 0.3 is 0 Å². The van der Waals surface area contributed by atoms with Crippen molar-refractivity contribution < 1.29 is 14.7 Å². The second-order valence-electron chi connectivity index (χ2n) is 8.15. The summed E-state index contributed by atoms with van der Waals surface area (Å²) in [6.45, 7) is 10.3. The van der Waals surface area contributed by atoms with Gasteiger partial charge in [-0.25, -0.2) is 4.98 Å². The van der Waals surface area contributed by atoms with Crippen LogP contribution >= 0.6 is 11.3 Å². The lowest BCUT2D eigenvalue weighted by atomic mass is 10.1. The lowest BCUT2D eigenvalue weighted by Crippen LogP contribution is -2.34. The van der Waals surface area contributed by atoms with E-state index in [0.717, 1.165) is 22.0 Å². The maximum atomic E-state index is 8.76. The van der Waals surface area contributed by atoms with Gasteiger partial charge < -0.3 is 14.8 Å². The molecule has 3 rings (SSSR count). The minimum Gasteiger partial charge on any atom is -0.492 e. The molecule has 7 nitrogen and oxygen atoms in total. The van der Waals surface area contributed by atoms with E-state index < -0.39 is 0 Å². The summed E-state index contributed by atoms with van der Waals surface area (Å²) in [6.07, 6.45) is 0. The lowest BCUT2D eigenvalue weighted by Gasteiger charge is -2.16. The molecule has 8 heteroatoms.